The van der Waals surface area contributed by atoms with E-state index >= 15 is 0 Å². The van der Waals surface area contributed by atoms with E-state index in [0.717, 1.165) is 0 Å². The quantitative estimate of drug-likeness (QED) is 0.718. The molecule has 1 saturated heterocycles. The van der Waals surface area contributed by atoms with Crippen LogP contribution in [0, 0.1) is 0 Å². The molecule has 8 nitrogen and oxygen atoms in total. The minimum absolute atomic E-state index is 0.143. The van der Waals surface area contributed by atoms with Gasteiger partial charge in [0.1, 0.15) is 6.04 Å². The first kappa shape index (κ1) is 20.5. The largest absolute Gasteiger partial charge is 0.490 e. The Morgan fingerprint density at radius 2 is 1.69 bits per heavy atom. The molecular formula is C17H26N2O6S. The van der Waals surface area contributed by atoms with Gasteiger partial charge in [-0.25, -0.2) is 8.42 Å². The Bertz CT molecular complexity index is 729. The van der Waals surface area contributed by atoms with E-state index in [1.165, 1.54) is 16.4 Å². The Kier molecular flexibility index (Phi) is 6.85. The highest BCUT2D eigenvalue weighted by molar-refractivity contribution is 7.89. The van der Waals surface area contributed by atoms with E-state index in [0.29, 0.717) is 37.8 Å². The number of aliphatic carboxylic acids is 1. The molecule has 0 radical (unpaired) electrons. The van der Waals surface area contributed by atoms with Crippen molar-refractivity contribution in [2.75, 3.05) is 39.4 Å². The van der Waals surface area contributed by atoms with Crippen LogP contribution < -0.4 is 9.47 Å². The molecule has 0 aromatic heterocycles. The minimum Gasteiger partial charge on any atom is -0.490 e. The first-order chi connectivity index (χ1) is 12.3. The van der Waals surface area contributed by atoms with Gasteiger partial charge in [0.15, 0.2) is 11.5 Å². The van der Waals surface area contributed by atoms with Crippen LogP contribution in [-0.2, 0) is 14.8 Å². The molecule has 1 atom stereocenters. The Morgan fingerprint density at radius 3 is 2.23 bits per heavy atom. The predicted octanol–water partition coefficient (Wildman–Crippen LogP) is 1.26. The molecule has 0 amide bonds. The molecular weight excluding hydrogens is 360 g/mol. The molecule has 0 saturated carbocycles. The van der Waals surface area contributed by atoms with E-state index in [1.54, 1.807) is 17.9 Å². The first-order valence-corrected chi connectivity index (χ1v) is 10.1. The number of sulfonamides is 1. The molecule has 1 heterocycles. The Balaban J connectivity index is 2.17. The third-order valence-corrected chi connectivity index (χ3v) is 6.23. The third-order valence-electron chi connectivity index (χ3n) is 4.33. The van der Waals surface area contributed by atoms with E-state index in [4.69, 9.17) is 14.6 Å². The normalized spacial score (nSPS) is 17.7. The lowest BCUT2D eigenvalue weighted by Gasteiger charge is -2.35. The average molecular weight is 386 g/mol. The summed E-state index contributed by atoms with van der Waals surface area (Å²) in [6.45, 7) is 7.37. The molecule has 1 aromatic carbocycles. The maximum absolute atomic E-state index is 12.9. The van der Waals surface area contributed by atoms with Crippen molar-refractivity contribution in [2.45, 2.75) is 31.7 Å². The average Bonchev–Trinajstić information content (AvgIpc) is 2.63. The van der Waals surface area contributed by atoms with Crippen molar-refractivity contribution in [1.82, 2.24) is 9.21 Å². The summed E-state index contributed by atoms with van der Waals surface area (Å²) in [7, 11) is -3.68. The van der Waals surface area contributed by atoms with Crippen LogP contribution in [0.1, 0.15) is 20.8 Å². The number of rotatable bonds is 8. The molecule has 1 aliphatic rings. The van der Waals surface area contributed by atoms with Gasteiger partial charge in [-0.05, 0) is 32.9 Å². The second-order valence-electron chi connectivity index (χ2n) is 5.93. The molecule has 146 valence electrons. The van der Waals surface area contributed by atoms with Gasteiger partial charge >= 0.3 is 5.97 Å². The predicted molar refractivity (Wildman–Crippen MR) is 96.2 cm³/mol. The maximum Gasteiger partial charge on any atom is 0.320 e. The summed E-state index contributed by atoms with van der Waals surface area (Å²) in [5.74, 6) is -0.00358. The van der Waals surface area contributed by atoms with Crippen LogP contribution in [0.25, 0.3) is 0 Å². The number of carbonyl (C=O) groups is 1. The fraction of sp³-hybridized carbons (Fsp3) is 0.588. The maximum atomic E-state index is 12.9. The van der Waals surface area contributed by atoms with Crippen LogP contribution in [0.3, 0.4) is 0 Å². The highest BCUT2D eigenvalue weighted by Crippen LogP contribution is 2.31. The first-order valence-electron chi connectivity index (χ1n) is 8.67. The molecule has 9 heteroatoms. The summed E-state index contributed by atoms with van der Waals surface area (Å²) in [6.07, 6.45) is 0. The van der Waals surface area contributed by atoms with Gasteiger partial charge in [-0.15, -0.1) is 0 Å². The smallest absolute Gasteiger partial charge is 0.320 e. The number of ether oxygens (including phenoxy) is 2. The number of hydrogen-bond acceptors (Lipinski definition) is 6. The van der Waals surface area contributed by atoms with Crippen LogP contribution >= 0.6 is 0 Å². The fourth-order valence-corrected chi connectivity index (χ4v) is 4.27. The summed E-state index contributed by atoms with van der Waals surface area (Å²) in [5.41, 5.74) is 0. The number of piperazine rings is 1. The van der Waals surface area contributed by atoms with Crippen molar-refractivity contribution in [1.29, 1.82) is 0 Å². The molecule has 2 rings (SSSR count). The fourth-order valence-electron chi connectivity index (χ4n) is 2.83. The molecule has 1 aromatic rings. The van der Waals surface area contributed by atoms with Gasteiger partial charge in [0.25, 0.3) is 0 Å². The van der Waals surface area contributed by atoms with Gasteiger partial charge in [-0.1, -0.05) is 0 Å². The number of nitrogens with zero attached hydrogens (tertiary/aromatic N) is 2. The number of carboxylic acids is 1. The third kappa shape index (κ3) is 4.46. The summed E-state index contributed by atoms with van der Waals surface area (Å²) in [5, 5.41) is 9.09. The van der Waals surface area contributed by atoms with Gasteiger partial charge < -0.3 is 14.6 Å². The Morgan fingerprint density at radius 1 is 1.12 bits per heavy atom. The molecule has 1 unspecified atom stereocenters. The lowest BCUT2D eigenvalue weighted by atomic mass is 10.2. The van der Waals surface area contributed by atoms with Gasteiger partial charge in [0.05, 0.1) is 18.1 Å². The van der Waals surface area contributed by atoms with E-state index in [2.05, 4.69) is 0 Å². The SMILES string of the molecule is CCOc1ccc(S(=O)(=O)N2CCN(C(C)C(=O)O)CC2)cc1OCC. The lowest BCUT2D eigenvalue weighted by molar-refractivity contribution is -0.143. The lowest BCUT2D eigenvalue weighted by Crippen LogP contribution is -2.53. The Hall–Kier alpha value is -1.84. The van der Waals surface area contributed by atoms with E-state index in [-0.39, 0.29) is 18.0 Å². The van der Waals surface area contributed by atoms with Crippen molar-refractivity contribution in [2.24, 2.45) is 0 Å². The topological polar surface area (TPSA) is 96.4 Å². The van der Waals surface area contributed by atoms with Gasteiger partial charge in [-0.2, -0.15) is 4.31 Å². The Labute approximate surface area is 154 Å². The summed E-state index contributed by atoms with van der Waals surface area (Å²) in [4.78, 5) is 13.0. The second-order valence-corrected chi connectivity index (χ2v) is 7.87. The summed E-state index contributed by atoms with van der Waals surface area (Å²) < 4.78 is 38.2. The molecule has 0 bridgehead atoms. The summed E-state index contributed by atoms with van der Waals surface area (Å²) >= 11 is 0. The highest BCUT2D eigenvalue weighted by Gasteiger charge is 2.32. The van der Waals surface area contributed by atoms with Crippen molar-refractivity contribution in [3.05, 3.63) is 18.2 Å². The summed E-state index contributed by atoms with van der Waals surface area (Å²) in [6, 6.07) is 3.96. The minimum atomic E-state index is -3.68. The zero-order valence-electron chi connectivity index (χ0n) is 15.3. The second kappa shape index (κ2) is 8.70. The number of benzene rings is 1. The number of carboxylic acid groups (broad SMARTS) is 1. The highest BCUT2D eigenvalue weighted by atomic mass is 32.2. The van der Waals surface area contributed by atoms with Gasteiger partial charge in [-0.3, -0.25) is 9.69 Å². The zero-order valence-corrected chi connectivity index (χ0v) is 16.2. The molecule has 1 N–H and O–H groups in total. The molecule has 1 fully saturated rings. The molecule has 0 aliphatic carbocycles. The molecule has 26 heavy (non-hydrogen) atoms. The van der Waals surface area contributed by atoms with E-state index < -0.39 is 22.0 Å². The van der Waals surface area contributed by atoms with Crippen LogP contribution in [0.15, 0.2) is 23.1 Å². The van der Waals surface area contributed by atoms with E-state index in [9.17, 15) is 13.2 Å². The number of hydrogen-bond donors (Lipinski definition) is 1. The van der Waals surface area contributed by atoms with Crippen LogP contribution in [-0.4, -0.2) is 74.1 Å². The molecule has 1 aliphatic heterocycles. The van der Waals surface area contributed by atoms with Crippen molar-refractivity contribution >= 4 is 16.0 Å². The van der Waals surface area contributed by atoms with Gasteiger partial charge in [0, 0.05) is 32.2 Å². The van der Waals surface area contributed by atoms with Crippen LogP contribution in [0.5, 0.6) is 11.5 Å². The van der Waals surface area contributed by atoms with Crippen LogP contribution in [0.2, 0.25) is 0 Å². The standard InChI is InChI=1S/C17H26N2O6S/c1-4-24-15-7-6-14(12-16(15)25-5-2)26(22,23)19-10-8-18(9-11-19)13(3)17(20)21/h6-7,12-13H,4-5,8-11H2,1-3H3,(H,20,21). The monoisotopic (exact) mass is 386 g/mol. The van der Waals surface area contributed by atoms with Crippen molar-refractivity contribution < 1.29 is 27.8 Å². The van der Waals surface area contributed by atoms with Gasteiger partial charge in [0.2, 0.25) is 10.0 Å². The van der Waals surface area contributed by atoms with Crippen LogP contribution in [0.4, 0.5) is 0 Å². The van der Waals surface area contributed by atoms with Crippen molar-refractivity contribution in [3.8, 4) is 11.5 Å². The molecule has 0 spiro atoms. The van der Waals surface area contributed by atoms with E-state index in [1.807, 2.05) is 13.8 Å². The zero-order chi connectivity index (χ0) is 19.3. The van der Waals surface area contributed by atoms with Crippen molar-refractivity contribution in [3.63, 3.8) is 0 Å².